The monoisotopic (exact) mass is 374 g/mol. The van der Waals surface area contributed by atoms with Gasteiger partial charge < -0.3 is 10.2 Å². The second kappa shape index (κ2) is 9.45. The lowest BCUT2D eigenvalue weighted by Gasteiger charge is -2.18. The van der Waals surface area contributed by atoms with Gasteiger partial charge in [0.25, 0.3) is 0 Å². The topological polar surface area (TPSA) is 65.5 Å². The minimum atomic E-state index is -0.0649. The molecule has 0 unspecified atom stereocenters. The smallest absolute Gasteiger partial charge is 0.230 e. The quantitative estimate of drug-likeness (QED) is 0.721. The SMILES string of the molecule is CC(=O)N(c1ccc(C)cc1)c1nc(CNCCCC(=O)N(C)C)cs1. The zero-order chi connectivity index (χ0) is 19.1. The predicted octanol–water partition coefficient (Wildman–Crippen LogP) is 3.09. The van der Waals surface area contributed by atoms with Crippen molar-refractivity contribution in [3.05, 3.63) is 40.9 Å². The summed E-state index contributed by atoms with van der Waals surface area (Å²) in [4.78, 5) is 31.4. The number of hydrogen-bond donors (Lipinski definition) is 1. The van der Waals surface area contributed by atoms with Crippen LogP contribution >= 0.6 is 11.3 Å². The van der Waals surface area contributed by atoms with Crippen molar-refractivity contribution in [2.24, 2.45) is 0 Å². The van der Waals surface area contributed by atoms with Crippen molar-refractivity contribution in [3.8, 4) is 0 Å². The van der Waals surface area contributed by atoms with E-state index in [1.165, 1.54) is 11.3 Å². The first kappa shape index (κ1) is 20.1. The first-order valence-electron chi connectivity index (χ1n) is 8.61. The molecular weight excluding hydrogens is 348 g/mol. The van der Waals surface area contributed by atoms with Gasteiger partial charge in [-0.2, -0.15) is 0 Å². The summed E-state index contributed by atoms with van der Waals surface area (Å²) in [5.41, 5.74) is 2.86. The Balaban J connectivity index is 1.91. The molecule has 0 radical (unpaired) electrons. The first-order valence-corrected chi connectivity index (χ1v) is 9.49. The Labute approximate surface area is 158 Å². The van der Waals surface area contributed by atoms with E-state index in [0.29, 0.717) is 18.1 Å². The summed E-state index contributed by atoms with van der Waals surface area (Å²) in [6.07, 6.45) is 1.32. The maximum absolute atomic E-state index is 12.1. The number of carbonyl (C=O) groups excluding carboxylic acids is 2. The third kappa shape index (κ3) is 5.64. The van der Waals surface area contributed by atoms with Crippen LogP contribution in [0.5, 0.6) is 0 Å². The van der Waals surface area contributed by atoms with Crippen molar-refractivity contribution in [2.45, 2.75) is 33.2 Å². The molecule has 0 atom stereocenters. The van der Waals surface area contributed by atoms with Gasteiger partial charge in [0.1, 0.15) is 0 Å². The van der Waals surface area contributed by atoms with Crippen LogP contribution in [0, 0.1) is 6.92 Å². The average Bonchev–Trinajstić information content (AvgIpc) is 3.04. The molecule has 1 aromatic heterocycles. The second-order valence-corrected chi connectivity index (χ2v) is 7.22. The van der Waals surface area contributed by atoms with Crippen LogP contribution in [0.1, 0.15) is 31.0 Å². The molecule has 0 aliphatic heterocycles. The highest BCUT2D eigenvalue weighted by Gasteiger charge is 2.17. The molecule has 0 aliphatic carbocycles. The molecule has 2 rings (SSSR count). The van der Waals surface area contributed by atoms with Crippen LogP contribution in [-0.2, 0) is 16.1 Å². The number of nitrogens with one attached hydrogen (secondary N) is 1. The van der Waals surface area contributed by atoms with E-state index >= 15 is 0 Å². The number of benzene rings is 1. The third-order valence-corrected chi connectivity index (χ3v) is 4.76. The number of amides is 2. The van der Waals surface area contributed by atoms with Gasteiger partial charge in [0.2, 0.25) is 11.8 Å². The number of nitrogens with zero attached hydrogens (tertiary/aromatic N) is 3. The van der Waals surface area contributed by atoms with Gasteiger partial charge in [-0.15, -0.1) is 11.3 Å². The number of thiazole rings is 1. The van der Waals surface area contributed by atoms with Crippen LogP contribution in [0.2, 0.25) is 0 Å². The van der Waals surface area contributed by atoms with Gasteiger partial charge in [-0.3, -0.25) is 14.5 Å². The van der Waals surface area contributed by atoms with E-state index in [0.717, 1.165) is 29.9 Å². The molecule has 0 saturated heterocycles. The van der Waals surface area contributed by atoms with Crippen LogP contribution < -0.4 is 10.2 Å². The van der Waals surface area contributed by atoms with Gasteiger partial charge in [-0.05, 0) is 32.0 Å². The van der Waals surface area contributed by atoms with Gasteiger partial charge >= 0.3 is 0 Å². The fourth-order valence-electron chi connectivity index (χ4n) is 2.41. The zero-order valence-corrected chi connectivity index (χ0v) is 16.6. The van der Waals surface area contributed by atoms with E-state index in [1.807, 2.05) is 36.6 Å². The van der Waals surface area contributed by atoms with Crippen molar-refractivity contribution in [1.29, 1.82) is 0 Å². The van der Waals surface area contributed by atoms with E-state index in [1.54, 1.807) is 30.8 Å². The molecule has 2 aromatic rings. The molecular formula is C19H26N4O2S. The van der Waals surface area contributed by atoms with Crippen molar-refractivity contribution in [2.75, 3.05) is 25.5 Å². The minimum absolute atomic E-state index is 0.0649. The van der Waals surface area contributed by atoms with Crippen molar-refractivity contribution >= 4 is 34.0 Å². The zero-order valence-electron chi connectivity index (χ0n) is 15.8. The normalized spacial score (nSPS) is 10.6. The van der Waals surface area contributed by atoms with E-state index in [-0.39, 0.29) is 11.8 Å². The molecule has 26 heavy (non-hydrogen) atoms. The maximum atomic E-state index is 12.1. The van der Waals surface area contributed by atoms with Crippen molar-refractivity contribution in [1.82, 2.24) is 15.2 Å². The molecule has 1 N–H and O–H groups in total. The Hall–Kier alpha value is -2.25. The Morgan fingerprint density at radius 2 is 1.88 bits per heavy atom. The summed E-state index contributed by atoms with van der Waals surface area (Å²) < 4.78 is 0. The molecule has 140 valence electrons. The van der Waals surface area contributed by atoms with E-state index in [2.05, 4.69) is 10.3 Å². The molecule has 0 aliphatic rings. The van der Waals surface area contributed by atoms with E-state index in [9.17, 15) is 9.59 Å². The van der Waals surface area contributed by atoms with Gasteiger partial charge in [0, 0.05) is 39.4 Å². The molecule has 2 amide bonds. The fourth-order valence-corrected chi connectivity index (χ4v) is 3.29. The van der Waals surface area contributed by atoms with Crippen molar-refractivity contribution in [3.63, 3.8) is 0 Å². The van der Waals surface area contributed by atoms with Crippen LogP contribution in [0.25, 0.3) is 0 Å². The minimum Gasteiger partial charge on any atom is -0.349 e. The third-order valence-electron chi connectivity index (χ3n) is 3.89. The molecule has 1 heterocycles. The van der Waals surface area contributed by atoms with Crippen LogP contribution in [-0.4, -0.2) is 42.3 Å². The number of anilines is 2. The number of hydrogen-bond acceptors (Lipinski definition) is 5. The maximum Gasteiger partial charge on any atom is 0.230 e. The number of aryl methyl sites for hydroxylation is 1. The first-order chi connectivity index (χ1) is 12.4. The number of rotatable bonds is 8. The lowest BCUT2D eigenvalue weighted by Crippen LogP contribution is -2.24. The highest BCUT2D eigenvalue weighted by atomic mass is 32.1. The molecule has 0 spiro atoms. The van der Waals surface area contributed by atoms with Crippen molar-refractivity contribution < 1.29 is 9.59 Å². The van der Waals surface area contributed by atoms with Gasteiger partial charge in [0.05, 0.1) is 11.4 Å². The van der Waals surface area contributed by atoms with Crippen LogP contribution in [0.15, 0.2) is 29.6 Å². The fraction of sp³-hybridized carbons (Fsp3) is 0.421. The predicted molar refractivity (Wildman–Crippen MR) is 106 cm³/mol. The largest absolute Gasteiger partial charge is 0.349 e. The Bertz CT molecular complexity index is 740. The summed E-state index contributed by atoms with van der Waals surface area (Å²) in [5.74, 6) is 0.0721. The van der Waals surface area contributed by atoms with Crippen LogP contribution in [0.4, 0.5) is 10.8 Å². The highest BCUT2D eigenvalue weighted by Crippen LogP contribution is 2.29. The summed E-state index contributed by atoms with van der Waals surface area (Å²) in [7, 11) is 3.53. The molecule has 7 heteroatoms. The summed E-state index contributed by atoms with van der Waals surface area (Å²) in [6.45, 7) is 4.93. The van der Waals surface area contributed by atoms with Crippen LogP contribution in [0.3, 0.4) is 0 Å². The highest BCUT2D eigenvalue weighted by molar-refractivity contribution is 7.14. The Kier molecular flexibility index (Phi) is 7.29. The molecule has 0 saturated carbocycles. The summed E-state index contributed by atoms with van der Waals surface area (Å²) in [6, 6.07) is 7.82. The molecule has 0 fully saturated rings. The molecule has 1 aromatic carbocycles. The number of carbonyl (C=O) groups is 2. The lowest BCUT2D eigenvalue weighted by atomic mass is 10.2. The molecule has 0 bridgehead atoms. The summed E-state index contributed by atoms with van der Waals surface area (Å²) in [5, 5.41) is 5.92. The Morgan fingerprint density at radius 3 is 2.50 bits per heavy atom. The second-order valence-electron chi connectivity index (χ2n) is 6.38. The number of aromatic nitrogens is 1. The Morgan fingerprint density at radius 1 is 1.19 bits per heavy atom. The lowest BCUT2D eigenvalue weighted by molar-refractivity contribution is -0.128. The average molecular weight is 375 g/mol. The summed E-state index contributed by atoms with van der Waals surface area (Å²) >= 11 is 1.45. The van der Waals surface area contributed by atoms with E-state index in [4.69, 9.17) is 0 Å². The van der Waals surface area contributed by atoms with Gasteiger partial charge in [-0.1, -0.05) is 17.7 Å². The standard InChI is InChI=1S/C19H26N4O2S/c1-14-7-9-17(10-8-14)23(15(2)24)19-21-16(13-26-19)12-20-11-5-6-18(25)22(3)4/h7-10,13,20H,5-6,11-12H2,1-4H3. The van der Waals surface area contributed by atoms with E-state index < -0.39 is 0 Å². The van der Waals surface area contributed by atoms with Gasteiger partial charge in [0.15, 0.2) is 5.13 Å². The van der Waals surface area contributed by atoms with Gasteiger partial charge in [-0.25, -0.2) is 4.98 Å². The molecule has 6 nitrogen and oxygen atoms in total.